The second kappa shape index (κ2) is 5.05. The van der Waals surface area contributed by atoms with E-state index in [0.29, 0.717) is 5.92 Å². The van der Waals surface area contributed by atoms with Crippen molar-refractivity contribution in [2.75, 3.05) is 0 Å². The van der Waals surface area contributed by atoms with Crippen LogP contribution in [0.3, 0.4) is 0 Å². The molecule has 0 nitrogen and oxygen atoms in total. The summed E-state index contributed by atoms with van der Waals surface area (Å²) in [5.41, 5.74) is 5.48. The number of hydrogen-bond acceptors (Lipinski definition) is 0. The summed E-state index contributed by atoms with van der Waals surface area (Å²) in [4.78, 5) is 0. The van der Waals surface area contributed by atoms with Crippen LogP contribution < -0.4 is 0 Å². The van der Waals surface area contributed by atoms with Gasteiger partial charge in [-0.05, 0) is 42.7 Å². The molecule has 0 N–H and O–H groups in total. The maximum absolute atomic E-state index is 3.47. The van der Waals surface area contributed by atoms with Crippen LogP contribution in [0.2, 0.25) is 0 Å². The van der Waals surface area contributed by atoms with E-state index in [1.54, 1.807) is 0 Å². The van der Waals surface area contributed by atoms with Crippen LogP contribution >= 0.6 is 15.9 Å². The molecule has 0 radical (unpaired) electrons. The van der Waals surface area contributed by atoms with E-state index in [4.69, 9.17) is 0 Å². The smallest absolute Gasteiger partial charge is 0.0175 e. The van der Waals surface area contributed by atoms with Gasteiger partial charge in [-0.15, -0.1) is 0 Å². The van der Waals surface area contributed by atoms with Gasteiger partial charge in [0.2, 0.25) is 0 Å². The number of aryl methyl sites for hydroxylation is 2. The molecule has 17 heavy (non-hydrogen) atoms. The Labute approximate surface area is 112 Å². The van der Waals surface area contributed by atoms with Crippen molar-refractivity contribution in [3.63, 3.8) is 0 Å². The molecule has 0 saturated carbocycles. The molecule has 0 bridgehead atoms. The van der Waals surface area contributed by atoms with E-state index in [1.165, 1.54) is 22.3 Å². The average molecular weight is 289 g/mol. The van der Waals surface area contributed by atoms with Crippen LogP contribution in [0.4, 0.5) is 0 Å². The van der Waals surface area contributed by atoms with Gasteiger partial charge in [0.25, 0.3) is 0 Å². The van der Waals surface area contributed by atoms with E-state index < -0.39 is 0 Å². The highest BCUT2D eigenvalue weighted by atomic mass is 79.9. The Kier molecular flexibility index (Phi) is 3.68. The molecule has 0 heterocycles. The molecule has 0 amide bonds. The molecule has 2 aromatic rings. The summed E-state index contributed by atoms with van der Waals surface area (Å²) in [6.07, 6.45) is 0. The Morgan fingerprint density at radius 2 is 1.59 bits per heavy atom. The second-order valence-corrected chi connectivity index (χ2v) is 5.55. The van der Waals surface area contributed by atoms with Crippen molar-refractivity contribution in [3.05, 3.63) is 69.2 Å². The maximum Gasteiger partial charge on any atom is 0.0175 e. The van der Waals surface area contributed by atoms with Crippen molar-refractivity contribution in [2.45, 2.75) is 26.7 Å². The Balaban J connectivity index is 2.36. The highest BCUT2D eigenvalue weighted by molar-refractivity contribution is 9.10. The minimum atomic E-state index is 0.448. The van der Waals surface area contributed by atoms with Gasteiger partial charge in [-0.3, -0.25) is 0 Å². The predicted molar refractivity (Wildman–Crippen MR) is 77.6 cm³/mol. The van der Waals surface area contributed by atoms with Gasteiger partial charge in [-0.1, -0.05) is 58.7 Å². The molecule has 0 fully saturated rings. The Bertz CT molecular complexity index is 512. The van der Waals surface area contributed by atoms with Gasteiger partial charge in [0, 0.05) is 10.4 Å². The molecule has 1 atom stereocenters. The number of halogens is 1. The molecule has 2 rings (SSSR count). The molecular weight excluding hydrogens is 272 g/mol. The Hall–Kier alpha value is -1.08. The lowest BCUT2D eigenvalue weighted by Gasteiger charge is -2.16. The fraction of sp³-hybridized carbons (Fsp3) is 0.250. The van der Waals surface area contributed by atoms with Crippen LogP contribution in [0.5, 0.6) is 0 Å². The van der Waals surface area contributed by atoms with E-state index in [2.05, 4.69) is 79.2 Å². The molecule has 2 aromatic carbocycles. The highest BCUT2D eigenvalue weighted by Crippen LogP contribution is 2.28. The van der Waals surface area contributed by atoms with Crippen molar-refractivity contribution in [2.24, 2.45) is 0 Å². The predicted octanol–water partition coefficient (Wildman–Crippen LogP) is 5.22. The first kappa shape index (κ1) is 12.4. The molecule has 1 unspecified atom stereocenters. The quantitative estimate of drug-likeness (QED) is 0.711. The van der Waals surface area contributed by atoms with E-state index in [-0.39, 0.29) is 0 Å². The van der Waals surface area contributed by atoms with Crippen molar-refractivity contribution in [1.82, 2.24) is 0 Å². The van der Waals surface area contributed by atoms with Crippen LogP contribution in [0.15, 0.2) is 46.9 Å². The van der Waals surface area contributed by atoms with Gasteiger partial charge in [0.1, 0.15) is 0 Å². The van der Waals surface area contributed by atoms with Crippen molar-refractivity contribution in [1.29, 1.82) is 0 Å². The van der Waals surface area contributed by atoms with E-state index >= 15 is 0 Å². The third kappa shape index (κ3) is 2.78. The van der Waals surface area contributed by atoms with Crippen LogP contribution in [0.25, 0.3) is 0 Å². The van der Waals surface area contributed by atoms with E-state index in [9.17, 15) is 0 Å². The number of hydrogen-bond donors (Lipinski definition) is 0. The van der Waals surface area contributed by atoms with Gasteiger partial charge >= 0.3 is 0 Å². The zero-order valence-electron chi connectivity index (χ0n) is 10.5. The molecule has 0 aliphatic carbocycles. The second-order valence-electron chi connectivity index (χ2n) is 4.63. The highest BCUT2D eigenvalue weighted by Gasteiger charge is 2.10. The first-order chi connectivity index (χ1) is 8.08. The molecule has 1 heteroatoms. The van der Waals surface area contributed by atoms with Crippen LogP contribution in [0, 0.1) is 13.8 Å². The normalized spacial score (nSPS) is 12.5. The Morgan fingerprint density at radius 1 is 0.941 bits per heavy atom. The lowest BCUT2D eigenvalue weighted by molar-refractivity contribution is 0.908. The van der Waals surface area contributed by atoms with Crippen LogP contribution in [-0.4, -0.2) is 0 Å². The molecule has 0 spiro atoms. The summed E-state index contributed by atoms with van der Waals surface area (Å²) in [7, 11) is 0. The van der Waals surface area contributed by atoms with Crippen LogP contribution in [-0.2, 0) is 0 Å². The number of rotatable bonds is 2. The molecule has 88 valence electrons. The topological polar surface area (TPSA) is 0 Å². The average Bonchev–Trinajstić information content (AvgIpc) is 2.29. The SMILES string of the molecule is Cc1ccc(C(C)c2ccc(Br)cc2)c(C)c1. The zero-order chi connectivity index (χ0) is 12.4. The van der Waals surface area contributed by atoms with E-state index in [0.717, 1.165) is 4.47 Å². The molecular formula is C16H17Br. The van der Waals surface area contributed by atoms with Crippen molar-refractivity contribution >= 4 is 15.9 Å². The summed E-state index contributed by atoms with van der Waals surface area (Å²) in [6, 6.07) is 15.3. The summed E-state index contributed by atoms with van der Waals surface area (Å²) >= 11 is 3.47. The molecule has 0 aromatic heterocycles. The fourth-order valence-electron chi connectivity index (χ4n) is 2.24. The third-order valence-electron chi connectivity index (χ3n) is 3.26. The number of benzene rings is 2. The van der Waals surface area contributed by atoms with Crippen molar-refractivity contribution < 1.29 is 0 Å². The van der Waals surface area contributed by atoms with Gasteiger partial charge < -0.3 is 0 Å². The van der Waals surface area contributed by atoms with E-state index in [1.807, 2.05) is 0 Å². The maximum atomic E-state index is 3.47. The fourth-order valence-corrected chi connectivity index (χ4v) is 2.51. The zero-order valence-corrected chi connectivity index (χ0v) is 12.1. The minimum absolute atomic E-state index is 0.448. The summed E-state index contributed by atoms with van der Waals surface area (Å²) in [6.45, 7) is 6.60. The molecule has 0 aliphatic rings. The minimum Gasteiger partial charge on any atom is -0.0590 e. The van der Waals surface area contributed by atoms with Gasteiger partial charge in [-0.25, -0.2) is 0 Å². The Morgan fingerprint density at radius 3 is 2.18 bits per heavy atom. The summed E-state index contributed by atoms with van der Waals surface area (Å²) in [5, 5.41) is 0. The first-order valence-corrected chi connectivity index (χ1v) is 6.70. The largest absolute Gasteiger partial charge is 0.0590 e. The summed E-state index contributed by atoms with van der Waals surface area (Å²) < 4.78 is 1.13. The van der Waals surface area contributed by atoms with Gasteiger partial charge in [0.15, 0.2) is 0 Å². The lowest BCUT2D eigenvalue weighted by atomic mass is 9.89. The lowest BCUT2D eigenvalue weighted by Crippen LogP contribution is -1.98. The standard InChI is InChI=1S/C16H17Br/c1-11-4-9-16(12(2)10-11)13(3)14-5-7-15(17)8-6-14/h4-10,13H,1-3H3. The third-order valence-corrected chi connectivity index (χ3v) is 3.79. The molecule has 0 saturated heterocycles. The molecule has 0 aliphatic heterocycles. The van der Waals surface area contributed by atoms with Crippen LogP contribution in [0.1, 0.15) is 35.1 Å². The van der Waals surface area contributed by atoms with Crippen molar-refractivity contribution in [3.8, 4) is 0 Å². The first-order valence-electron chi connectivity index (χ1n) is 5.90. The van der Waals surface area contributed by atoms with Gasteiger partial charge in [-0.2, -0.15) is 0 Å². The van der Waals surface area contributed by atoms with Gasteiger partial charge in [0.05, 0.1) is 0 Å². The monoisotopic (exact) mass is 288 g/mol. The summed E-state index contributed by atoms with van der Waals surface area (Å²) in [5.74, 6) is 0.448.